The monoisotopic (exact) mass is 301 g/mol. The third-order valence-electron chi connectivity index (χ3n) is 3.19. The highest BCUT2D eigenvalue weighted by Crippen LogP contribution is 2.13. The van der Waals surface area contributed by atoms with Gasteiger partial charge in [-0.2, -0.15) is 5.10 Å². The molecule has 96 valence electrons. The van der Waals surface area contributed by atoms with Gasteiger partial charge in [-0.05, 0) is 26.7 Å². The van der Waals surface area contributed by atoms with Gasteiger partial charge in [-0.25, -0.2) is 0 Å². The SMILES string of the molecule is Cc1nn(C)c(C)c1C(=O)NC(C)C(C)CBr. The van der Waals surface area contributed by atoms with Gasteiger partial charge in [-0.3, -0.25) is 9.48 Å². The predicted octanol–water partition coefficient (Wildman–Crippen LogP) is 2.19. The third kappa shape index (κ3) is 3.09. The molecule has 17 heavy (non-hydrogen) atoms. The molecule has 1 aromatic rings. The lowest BCUT2D eigenvalue weighted by Gasteiger charge is -2.19. The van der Waals surface area contributed by atoms with Gasteiger partial charge in [-0.15, -0.1) is 0 Å². The van der Waals surface area contributed by atoms with Gasteiger partial charge >= 0.3 is 0 Å². The number of alkyl halides is 1. The number of aromatic nitrogens is 2. The van der Waals surface area contributed by atoms with Gasteiger partial charge in [0, 0.05) is 24.1 Å². The number of carbonyl (C=O) groups excluding carboxylic acids is 1. The van der Waals surface area contributed by atoms with E-state index in [4.69, 9.17) is 0 Å². The zero-order valence-electron chi connectivity index (χ0n) is 11.0. The number of nitrogens with zero attached hydrogens (tertiary/aromatic N) is 2. The first-order chi connectivity index (χ1) is 7.88. The van der Waals surface area contributed by atoms with E-state index in [-0.39, 0.29) is 11.9 Å². The second kappa shape index (κ2) is 5.67. The van der Waals surface area contributed by atoms with Crippen molar-refractivity contribution in [2.75, 3.05) is 5.33 Å². The molecule has 0 aromatic carbocycles. The summed E-state index contributed by atoms with van der Waals surface area (Å²) in [6.07, 6.45) is 0. The van der Waals surface area contributed by atoms with Crippen molar-refractivity contribution < 1.29 is 4.79 Å². The van der Waals surface area contributed by atoms with Crippen molar-refractivity contribution in [2.45, 2.75) is 33.7 Å². The normalized spacial score (nSPS) is 14.5. The van der Waals surface area contributed by atoms with E-state index in [0.717, 1.165) is 16.7 Å². The van der Waals surface area contributed by atoms with E-state index in [1.54, 1.807) is 4.68 Å². The van der Waals surface area contributed by atoms with Crippen LogP contribution in [0.3, 0.4) is 0 Å². The Hall–Kier alpha value is -0.840. The number of carbonyl (C=O) groups is 1. The first-order valence-corrected chi connectivity index (χ1v) is 6.87. The van der Waals surface area contributed by atoms with Gasteiger partial charge in [0.15, 0.2) is 0 Å². The summed E-state index contributed by atoms with van der Waals surface area (Å²) in [4.78, 5) is 12.2. The summed E-state index contributed by atoms with van der Waals surface area (Å²) in [5.41, 5.74) is 2.38. The Balaban J connectivity index is 2.83. The molecule has 1 heterocycles. The van der Waals surface area contributed by atoms with Gasteiger partial charge < -0.3 is 5.32 Å². The number of halogens is 1. The lowest BCUT2D eigenvalue weighted by atomic mass is 10.1. The molecule has 0 radical (unpaired) electrons. The molecule has 0 fully saturated rings. The summed E-state index contributed by atoms with van der Waals surface area (Å²) < 4.78 is 1.74. The van der Waals surface area contributed by atoms with Gasteiger partial charge in [0.1, 0.15) is 0 Å². The second-order valence-corrected chi connectivity index (χ2v) is 5.21. The Morgan fingerprint density at radius 3 is 2.47 bits per heavy atom. The maximum atomic E-state index is 12.2. The average Bonchev–Trinajstić information content (AvgIpc) is 2.51. The van der Waals surface area contributed by atoms with Crippen LogP contribution in [0.15, 0.2) is 0 Å². The first kappa shape index (κ1) is 14.2. The van der Waals surface area contributed by atoms with Crippen LogP contribution in [-0.4, -0.2) is 27.1 Å². The van der Waals surface area contributed by atoms with Crippen molar-refractivity contribution in [1.82, 2.24) is 15.1 Å². The molecule has 0 bridgehead atoms. The quantitative estimate of drug-likeness (QED) is 0.867. The molecule has 0 aliphatic rings. The van der Waals surface area contributed by atoms with E-state index >= 15 is 0 Å². The lowest BCUT2D eigenvalue weighted by molar-refractivity contribution is 0.0930. The van der Waals surface area contributed by atoms with E-state index in [1.165, 1.54) is 0 Å². The van der Waals surface area contributed by atoms with Crippen molar-refractivity contribution in [1.29, 1.82) is 0 Å². The van der Waals surface area contributed by atoms with Crippen LogP contribution in [0.4, 0.5) is 0 Å². The molecular formula is C12H20BrN3O. The number of hydrogen-bond donors (Lipinski definition) is 1. The lowest BCUT2D eigenvalue weighted by Crippen LogP contribution is -2.38. The summed E-state index contributed by atoms with van der Waals surface area (Å²) in [5, 5.41) is 8.14. The van der Waals surface area contributed by atoms with E-state index in [0.29, 0.717) is 11.5 Å². The van der Waals surface area contributed by atoms with Gasteiger partial charge in [0.2, 0.25) is 0 Å². The standard InChI is InChI=1S/C12H20BrN3O/c1-7(6-13)8(2)14-12(17)11-9(3)15-16(5)10(11)4/h7-8H,6H2,1-5H3,(H,14,17). The third-order valence-corrected chi connectivity index (χ3v) is 4.21. The van der Waals surface area contributed by atoms with Gasteiger partial charge in [0.05, 0.1) is 11.3 Å². The summed E-state index contributed by atoms with van der Waals surface area (Å²) in [6, 6.07) is 0.140. The fourth-order valence-electron chi connectivity index (χ4n) is 1.66. The molecule has 2 unspecified atom stereocenters. The van der Waals surface area contributed by atoms with Crippen LogP contribution in [0, 0.1) is 19.8 Å². The Morgan fingerprint density at radius 1 is 1.47 bits per heavy atom. The minimum absolute atomic E-state index is 0.0339. The molecule has 0 aliphatic carbocycles. The Morgan fingerprint density at radius 2 is 2.06 bits per heavy atom. The Labute approximate surface area is 111 Å². The predicted molar refractivity (Wildman–Crippen MR) is 72.6 cm³/mol. The summed E-state index contributed by atoms with van der Waals surface area (Å²) in [7, 11) is 1.85. The zero-order chi connectivity index (χ0) is 13.2. The van der Waals surface area contributed by atoms with E-state index in [9.17, 15) is 4.79 Å². The number of hydrogen-bond acceptors (Lipinski definition) is 2. The van der Waals surface area contributed by atoms with Crippen LogP contribution in [-0.2, 0) is 7.05 Å². The number of amides is 1. The fourth-order valence-corrected chi connectivity index (χ4v) is 2.22. The highest BCUT2D eigenvalue weighted by molar-refractivity contribution is 9.09. The second-order valence-electron chi connectivity index (χ2n) is 4.56. The van der Waals surface area contributed by atoms with Crippen LogP contribution >= 0.6 is 15.9 Å². The average molecular weight is 302 g/mol. The molecule has 1 aromatic heterocycles. The van der Waals surface area contributed by atoms with Crippen LogP contribution in [0.1, 0.15) is 35.6 Å². The van der Waals surface area contributed by atoms with Crippen molar-refractivity contribution in [3.63, 3.8) is 0 Å². The first-order valence-electron chi connectivity index (χ1n) is 5.75. The molecule has 1 amide bonds. The van der Waals surface area contributed by atoms with Crippen molar-refractivity contribution in [3.05, 3.63) is 17.0 Å². The maximum Gasteiger partial charge on any atom is 0.255 e. The van der Waals surface area contributed by atoms with Crippen LogP contribution in [0.25, 0.3) is 0 Å². The van der Waals surface area contributed by atoms with E-state index < -0.39 is 0 Å². The minimum Gasteiger partial charge on any atom is -0.349 e. The Kier molecular flexibility index (Phi) is 4.74. The summed E-state index contributed by atoms with van der Waals surface area (Å²) in [5.74, 6) is 0.365. The molecule has 0 spiro atoms. The van der Waals surface area contributed by atoms with Crippen molar-refractivity contribution in [3.8, 4) is 0 Å². The van der Waals surface area contributed by atoms with E-state index in [2.05, 4.69) is 33.3 Å². The molecule has 5 heteroatoms. The number of rotatable bonds is 4. The van der Waals surface area contributed by atoms with Crippen molar-refractivity contribution >= 4 is 21.8 Å². The summed E-state index contributed by atoms with van der Waals surface area (Å²) >= 11 is 3.43. The molecular weight excluding hydrogens is 282 g/mol. The van der Waals surface area contributed by atoms with Crippen LogP contribution in [0.5, 0.6) is 0 Å². The highest BCUT2D eigenvalue weighted by Gasteiger charge is 2.20. The molecule has 0 saturated heterocycles. The van der Waals surface area contributed by atoms with Gasteiger partial charge in [0.25, 0.3) is 5.91 Å². The maximum absolute atomic E-state index is 12.2. The molecule has 4 nitrogen and oxygen atoms in total. The largest absolute Gasteiger partial charge is 0.349 e. The molecule has 1 N–H and O–H groups in total. The highest BCUT2D eigenvalue weighted by atomic mass is 79.9. The van der Waals surface area contributed by atoms with Crippen molar-refractivity contribution in [2.24, 2.45) is 13.0 Å². The molecule has 2 atom stereocenters. The number of nitrogens with one attached hydrogen (secondary N) is 1. The number of aryl methyl sites for hydroxylation is 2. The van der Waals surface area contributed by atoms with Crippen LogP contribution in [0.2, 0.25) is 0 Å². The topological polar surface area (TPSA) is 46.9 Å². The Bertz CT molecular complexity index is 414. The van der Waals surface area contributed by atoms with E-state index in [1.807, 2.05) is 27.8 Å². The summed E-state index contributed by atoms with van der Waals surface area (Å²) in [6.45, 7) is 7.89. The fraction of sp³-hybridized carbons (Fsp3) is 0.667. The molecule has 0 saturated carbocycles. The van der Waals surface area contributed by atoms with Gasteiger partial charge in [-0.1, -0.05) is 22.9 Å². The molecule has 0 aliphatic heterocycles. The zero-order valence-corrected chi connectivity index (χ0v) is 12.6. The minimum atomic E-state index is -0.0339. The smallest absolute Gasteiger partial charge is 0.255 e. The van der Waals surface area contributed by atoms with Crippen LogP contribution < -0.4 is 5.32 Å². The molecule has 1 rings (SSSR count).